The van der Waals surface area contributed by atoms with Gasteiger partial charge in [-0.2, -0.15) is 0 Å². The van der Waals surface area contributed by atoms with Crippen LogP contribution in [0.25, 0.3) is 20.4 Å². The Labute approximate surface area is 139 Å². The number of fused-ring (bicyclic) bond motifs is 3. The zero-order chi connectivity index (χ0) is 16.5. The van der Waals surface area contributed by atoms with E-state index in [1.54, 1.807) is 6.92 Å². The average Bonchev–Trinajstić information content (AvgIpc) is 2.84. The highest BCUT2D eigenvalue weighted by atomic mass is 32.1. The number of thiophene rings is 1. The lowest BCUT2D eigenvalue weighted by Crippen LogP contribution is -2.66. The molecule has 3 aromatic rings. The lowest BCUT2D eigenvalue weighted by molar-refractivity contribution is -0.127. The third-order valence-corrected chi connectivity index (χ3v) is 5.88. The van der Waals surface area contributed by atoms with Crippen LogP contribution in [-0.4, -0.2) is 46.5 Å². The van der Waals surface area contributed by atoms with E-state index in [-0.39, 0.29) is 11.1 Å². The lowest BCUT2D eigenvalue weighted by Gasteiger charge is -2.55. The molecule has 2 aliphatic rings. The third kappa shape index (κ3) is 1.82. The van der Waals surface area contributed by atoms with Gasteiger partial charge in [-0.25, -0.2) is 18.7 Å². The summed E-state index contributed by atoms with van der Waals surface area (Å²) < 4.78 is 32.4. The van der Waals surface area contributed by atoms with Crippen LogP contribution in [0.2, 0.25) is 0 Å². The van der Waals surface area contributed by atoms with Crippen molar-refractivity contribution in [2.75, 3.05) is 31.2 Å². The SMILES string of the molecule is Cc1c(C(F)F)nnc2sc3c(N4CC5(COC5)C4)ncnc3c12. The fourth-order valence-corrected chi connectivity index (χ4v) is 4.67. The Kier molecular flexibility index (Phi) is 2.85. The molecule has 0 aromatic carbocycles. The molecule has 2 fully saturated rings. The highest BCUT2D eigenvalue weighted by molar-refractivity contribution is 7.26. The van der Waals surface area contributed by atoms with Gasteiger partial charge in [-0.15, -0.1) is 21.5 Å². The Morgan fingerprint density at radius 1 is 1.25 bits per heavy atom. The summed E-state index contributed by atoms with van der Waals surface area (Å²) in [4.78, 5) is 11.6. The van der Waals surface area contributed by atoms with Crippen LogP contribution in [0.5, 0.6) is 0 Å². The first-order valence-corrected chi connectivity index (χ1v) is 8.41. The predicted octanol–water partition coefficient (Wildman–Crippen LogP) is 2.72. The Hall–Kier alpha value is -2.00. The average molecular weight is 349 g/mol. The largest absolute Gasteiger partial charge is 0.380 e. The minimum Gasteiger partial charge on any atom is -0.380 e. The van der Waals surface area contributed by atoms with Crippen LogP contribution in [0.1, 0.15) is 17.7 Å². The van der Waals surface area contributed by atoms with Crippen molar-refractivity contribution in [1.82, 2.24) is 20.2 Å². The molecule has 0 saturated carbocycles. The monoisotopic (exact) mass is 349 g/mol. The van der Waals surface area contributed by atoms with E-state index in [9.17, 15) is 8.78 Å². The van der Waals surface area contributed by atoms with Crippen molar-refractivity contribution >= 4 is 37.6 Å². The number of aromatic nitrogens is 4. The third-order valence-electron chi connectivity index (χ3n) is 4.82. The molecular formula is C15H13F2N5OS. The zero-order valence-electron chi connectivity index (χ0n) is 12.8. The van der Waals surface area contributed by atoms with Crippen LogP contribution >= 0.6 is 11.3 Å². The van der Waals surface area contributed by atoms with Crippen molar-refractivity contribution < 1.29 is 13.5 Å². The minimum atomic E-state index is -2.65. The van der Waals surface area contributed by atoms with Crippen LogP contribution in [0.3, 0.4) is 0 Å². The second-order valence-electron chi connectivity index (χ2n) is 6.52. The summed E-state index contributed by atoms with van der Waals surface area (Å²) in [5, 5.41) is 8.33. The highest BCUT2D eigenvalue weighted by Gasteiger charge is 2.49. The van der Waals surface area contributed by atoms with Crippen molar-refractivity contribution in [3.05, 3.63) is 17.6 Å². The number of anilines is 1. The van der Waals surface area contributed by atoms with Gasteiger partial charge in [-0.1, -0.05) is 0 Å². The van der Waals surface area contributed by atoms with Gasteiger partial charge in [0.05, 0.1) is 28.8 Å². The van der Waals surface area contributed by atoms with E-state index >= 15 is 0 Å². The van der Waals surface area contributed by atoms with Crippen LogP contribution in [0, 0.1) is 12.3 Å². The molecule has 2 aliphatic heterocycles. The van der Waals surface area contributed by atoms with Crippen LogP contribution < -0.4 is 4.90 Å². The summed E-state index contributed by atoms with van der Waals surface area (Å²) in [6.45, 7) is 5.05. The molecule has 5 heterocycles. The molecule has 0 amide bonds. The number of rotatable bonds is 2. The summed E-state index contributed by atoms with van der Waals surface area (Å²) in [7, 11) is 0. The molecule has 5 rings (SSSR count). The maximum absolute atomic E-state index is 13.1. The molecule has 3 aromatic heterocycles. The molecule has 0 radical (unpaired) electrons. The summed E-state index contributed by atoms with van der Waals surface area (Å²) in [6.07, 6.45) is -1.15. The molecule has 0 bridgehead atoms. The number of hydrogen-bond acceptors (Lipinski definition) is 7. The van der Waals surface area contributed by atoms with Gasteiger partial charge in [0.15, 0.2) is 0 Å². The molecule has 24 heavy (non-hydrogen) atoms. The zero-order valence-corrected chi connectivity index (χ0v) is 13.6. The van der Waals surface area contributed by atoms with E-state index in [2.05, 4.69) is 25.1 Å². The smallest absolute Gasteiger partial charge is 0.282 e. The fraction of sp³-hybridized carbons (Fsp3) is 0.467. The molecule has 0 atom stereocenters. The van der Waals surface area contributed by atoms with Crippen molar-refractivity contribution in [2.45, 2.75) is 13.3 Å². The van der Waals surface area contributed by atoms with Gasteiger partial charge in [0.25, 0.3) is 6.43 Å². The number of halogens is 2. The number of hydrogen-bond donors (Lipinski definition) is 0. The molecule has 0 unspecified atom stereocenters. The summed E-state index contributed by atoms with van der Waals surface area (Å²) >= 11 is 1.41. The van der Waals surface area contributed by atoms with Gasteiger partial charge < -0.3 is 9.64 Å². The Morgan fingerprint density at radius 2 is 2.04 bits per heavy atom. The standard InChI is InChI=1S/C15H13F2N5OS/c1-7-8-10-11(24-14(8)21-20-9(7)12(16)17)13(19-6-18-10)22-2-15(3-22)4-23-5-15/h6,12H,2-5H2,1H3. The number of alkyl halides is 2. The van der Waals surface area contributed by atoms with Crippen LogP contribution in [0.4, 0.5) is 14.6 Å². The van der Waals surface area contributed by atoms with Crippen LogP contribution in [0.15, 0.2) is 6.33 Å². The van der Waals surface area contributed by atoms with E-state index in [4.69, 9.17) is 4.74 Å². The second-order valence-corrected chi connectivity index (χ2v) is 7.52. The minimum absolute atomic E-state index is 0.270. The molecule has 0 aliphatic carbocycles. The van der Waals surface area contributed by atoms with Crippen LogP contribution in [-0.2, 0) is 4.74 Å². The van der Waals surface area contributed by atoms with Gasteiger partial charge in [-0.05, 0) is 12.5 Å². The molecule has 124 valence electrons. The van der Waals surface area contributed by atoms with Gasteiger partial charge in [0.2, 0.25) is 0 Å². The van der Waals surface area contributed by atoms with Crippen molar-refractivity contribution in [3.63, 3.8) is 0 Å². The number of nitrogens with zero attached hydrogens (tertiary/aromatic N) is 5. The summed E-state index contributed by atoms with van der Waals surface area (Å²) in [5.74, 6) is 0.846. The topological polar surface area (TPSA) is 64.0 Å². The molecular weight excluding hydrogens is 336 g/mol. The van der Waals surface area contributed by atoms with Crippen molar-refractivity contribution in [2.24, 2.45) is 5.41 Å². The second kappa shape index (κ2) is 4.76. The molecule has 1 spiro atoms. The maximum Gasteiger partial charge on any atom is 0.282 e. The first kappa shape index (κ1) is 14.4. The number of ether oxygens (including phenoxy) is 1. The molecule has 0 N–H and O–H groups in total. The predicted molar refractivity (Wildman–Crippen MR) is 85.7 cm³/mol. The van der Waals surface area contributed by atoms with Gasteiger partial charge in [-0.3, -0.25) is 0 Å². The normalized spacial score (nSPS) is 19.2. The van der Waals surface area contributed by atoms with Crippen molar-refractivity contribution in [3.8, 4) is 0 Å². The maximum atomic E-state index is 13.1. The molecule has 6 nitrogen and oxygen atoms in total. The van der Waals surface area contributed by atoms with E-state index in [1.807, 2.05) is 0 Å². The van der Waals surface area contributed by atoms with Gasteiger partial charge in [0, 0.05) is 18.5 Å². The quantitative estimate of drug-likeness (QED) is 0.709. The Morgan fingerprint density at radius 3 is 2.71 bits per heavy atom. The first-order chi connectivity index (χ1) is 11.6. The Bertz CT molecular complexity index is 963. The summed E-state index contributed by atoms with van der Waals surface area (Å²) in [5.41, 5.74) is 1.11. The van der Waals surface area contributed by atoms with Gasteiger partial charge in [0.1, 0.15) is 22.7 Å². The molecule has 2 saturated heterocycles. The van der Waals surface area contributed by atoms with Crippen molar-refractivity contribution in [1.29, 1.82) is 0 Å². The van der Waals surface area contributed by atoms with E-state index in [0.717, 1.165) is 36.8 Å². The Balaban J connectivity index is 1.67. The fourth-order valence-electron chi connectivity index (χ4n) is 3.52. The van der Waals surface area contributed by atoms with Gasteiger partial charge >= 0.3 is 0 Å². The van der Waals surface area contributed by atoms with E-state index in [1.165, 1.54) is 17.7 Å². The van der Waals surface area contributed by atoms with E-state index in [0.29, 0.717) is 21.3 Å². The first-order valence-electron chi connectivity index (χ1n) is 7.59. The summed E-state index contributed by atoms with van der Waals surface area (Å²) in [6, 6.07) is 0. The number of aryl methyl sites for hydroxylation is 1. The highest BCUT2D eigenvalue weighted by Crippen LogP contribution is 2.44. The van der Waals surface area contributed by atoms with E-state index < -0.39 is 6.43 Å². The molecule has 9 heteroatoms. The lowest BCUT2D eigenvalue weighted by atomic mass is 9.78.